The Balaban J connectivity index is 2.71. The van der Waals surface area contributed by atoms with Gasteiger partial charge >= 0.3 is 0 Å². The van der Waals surface area contributed by atoms with Crippen LogP contribution in [0.4, 0.5) is 0 Å². The average Bonchev–Trinajstić information content (AvgIpc) is 2.18. The molecule has 0 aliphatic heterocycles. The zero-order chi connectivity index (χ0) is 9.68. The van der Waals surface area contributed by atoms with E-state index in [1.165, 1.54) is 0 Å². The Bertz CT molecular complexity index is 297. The largest absolute Gasteiger partial charge is 0.326 e. The summed E-state index contributed by atoms with van der Waals surface area (Å²) in [4.78, 5) is 15.2. The SMILES string of the molecule is CCC(=O)Cc1cc(CN)ccn1. The Morgan fingerprint density at radius 1 is 1.62 bits per heavy atom. The first-order chi connectivity index (χ1) is 6.26. The second-order valence-corrected chi connectivity index (χ2v) is 2.93. The summed E-state index contributed by atoms with van der Waals surface area (Å²) < 4.78 is 0. The highest BCUT2D eigenvalue weighted by molar-refractivity contribution is 5.80. The van der Waals surface area contributed by atoms with Crippen molar-refractivity contribution >= 4 is 5.78 Å². The molecule has 0 spiro atoms. The van der Waals surface area contributed by atoms with Gasteiger partial charge in [-0.25, -0.2) is 0 Å². The average molecular weight is 178 g/mol. The summed E-state index contributed by atoms with van der Waals surface area (Å²) in [6.07, 6.45) is 2.68. The lowest BCUT2D eigenvalue weighted by molar-refractivity contribution is -0.118. The van der Waals surface area contributed by atoms with Crippen LogP contribution in [0.15, 0.2) is 18.3 Å². The van der Waals surface area contributed by atoms with Gasteiger partial charge in [-0.05, 0) is 17.7 Å². The minimum Gasteiger partial charge on any atom is -0.326 e. The zero-order valence-electron chi connectivity index (χ0n) is 7.79. The maximum Gasteiger partial charge on any atom is 0.138 e. The number of hydrogen-bond donors (Lipinski definition) is 1. The van der Waals surface area contributed by atoms with Crippen LogP contribution in [-0.2, 0) is 17.8 Å². The summed E-state index contributed by atoms with van der Waals surface area (Å²) in [5.41, 5.74) is 7.31. The molecule has 0 radical (unpaired) electrons. The lowest BCUT2D eigenvalue weighted by atomic mass is 10.1. The number of pyridine rings is 1. The van der Waals surface area contributed by atoms with Crippen LogP contribution in [0.2, 0.25) is 0 Å². The van der Waals surface area contributed by atoms with Crippen molar-refractivity contribution in [3.63, 3.8) is 0 Å². The molecule has 0 bridgehead atoms. The topological polar surface area (TPSA) is 56.0 Å². The minimum absolute atomic E-state index is 0.210. The molecular formula is C10H14N2O. The highest BCUT2D eigenvalue weighted by atomic mass is 16.1. The van der Waals surface area contributed by atoms with Crippen LogP contribution >= 0.6 is 0 Å². The molecule has 0 atom stereocenters. The van der Waals surface area contributed by atoms with Gasteiger partial charge in [-0.2, -0.15) is 0 Å². The van der Waals surface area contributed by atoms with Crippen LogP contribution in [0.25, 0.3) is 0 Å². The first kappa shape index (κ1) is 9.86. The first-order valence-corrected chi connectivity index (χ1v) is 4.41. The van der Waals surface area contributed by atoms with Gasteiger partial charge in [-0.15, -0.1) is 0 Å². The number of rotatable bonds is 4. The fourth-order valence-corrected chi connectivity index (χ4v) is 1.08. The number of carbonyl (C=O) groups excluding carboxylic acids is 1. The number of Topliss-reactive ketones (excluding diaryl/α,β-unsaturated/α-hetero) is 1. The van der Waals surface area contributed by atoms with Crippen molar-refractivity contribution in [2.75, 3.05) is 0 Å². The molecule has 0 unspecified atom stereocenters. The predicted molar refractivity (Wildman–Crippen MR) is 51.1 cm³/mol. The molecule has 2 N–H and O–H groups in total. The van der Waals surface area contributed by atoms with Gasteiger partial charge in [0.05, 0.1) is 0 Å². The number of aromatic nitrogens is 1. The molecule has 0 amide bonds. The smallest absolute Gasteiger partial charge is 0.138 e. The number of hydrogen-bond acceptors (Lipinski definition) is 3. The van der Waals surface area contributed by atoms with Crippen LogP contribution < -0.4 is 5.73 Å². The van der Waals surface area contributed by atoms with Crippen molar-refractivity contribution in [1.29, 1.82) is 0 Å². The molecule has 0 aromatic carbocycles. The fraction of sp³-hybridized carbons (Fsp3) is 0.400. The fourth-order valence-electron chi connectivity index (χ4n) is 1.08. The molecule has 13 heavy (non-hydrogen) atoms. The van der Waals surface area contributed by atoms with E-state index in [0.717, 1.165) is 11.3 Å². The monoisotopic (exact) mass is 178 g/mol. The third kappa shape index (κ3) is 2.95. The van der Waals surface area contributed by atoms with E-state index in [4.69, 9.17) is 5.73 Å². The van der Waals surface area contributed by atoms with Gasteiger partial charge in [0.2, 0.25) is 0 Å². The second-order valence-electron chi connectivity index (χ2n) is 2.93. The quantitative estimate of drug-likeness (QED) is 0.750. The molecule has 1 heterocycles. The second kappa shape index (κ2) is 4.72. The van der Waals surface area contributed by atoms with Crippen molar-refractivity contribution in [1.82, 2.24) is 4.98 Å². The molecule has 0 saturated carbocycles. The molecule has 3 heteroatoms. The lowest BCUT2D eigenvalue weighted by Crippen LogP contribution is -2.04. The first-order valence-electron chi connectivity index (χ1n) is 4.41. The van der Waals surface area contributed by atoms with Crippen molar-refractivity contribution in [2.24, 2.45) is 5.73 Å². The van der Waals surface area contributed by atoms with E-state index in [2.05, 4.69) is 4.98 Å². The molecule has 0 aliphatic rings. The molecule has 1 rings (SSSR count). The van der Waals surface area contributed by atoms with Gasteiger partial charge in [-0.3, -0.25) is 9.78 Å². The van der Waals surface area contributed by atoms with Crippen molar-refractivity contribution in [3.05, 3.63) is 29.6 Å². The summed E-state index contributed by atoms with van der Waals surface area (Å²) in [5, 5.41) is 0. The Morgan fingerprint density at radius 2 is 2.38 bits per heavy atom. The van der Waals surface area contributed by atoms with Crippen LogP contribution in [0.1, 0.15) is 24.6 Å². The molecule has 0 aliphatic carbocycles. The van der Waals surface area contributed by atoms with E-state index < -0.39 is 0 Å². The van der Waals surface area contributed by atoms with Gasteiger partial charge in [0.1, 0.15) is 5.78 Å². The van der Waals surface area contributed by atoms with Crippen molar-refractivity contribution < 1.29 is 4.79 Å². The van der Waals surface area contributed by atoms with Gasteiger partial charge in [0.15, 0.2) is 0 Å². The standard InChI is InChI=1S/C10H14N2O/c1-2-10(13)6-9-5-8(7-11)3-4-12-9/h3-5H,2,6-7,11H2,1H3. The van der Waals surface area contributed by atoms with Gasteiger partial charge in [0, 0.05) is 31.3 Å². The third-order valence-electron chi connectivity index (χ3n) is 1.89. The zero-order valence-corrected chi connectivity index (χ0v) is 7.79. The van der Waals surface area contributed by atoms with E-state index in [-0.39, 0.29) is 5.78 Å². The van der Waals surface area contributed by atoms with Crippen LogP contribution in [0, 0.1) is 0 Å². The maximum absolute atomic E-state index is 11.1. The minimum atomic E-state index is 0.210. The van der Waals surface area contributed by atoms with Gasteiger partial charge in [0.25, 0.3) is 0 Å². The van der Waals surface area contributed by atoms with Crippen molar-refractivity contribution in [2.45, 2.75) is 26.3 Å². The van der Waals surface area contributed by atoms with Crippen LogP contribution in [0.5, 0.6) is 0 Å². The number of nitrogens with zero attached hydrogens (tertiary/aromatic N) is 1. The van der Waals surface area contributed by atoms with E-state index in [1.807, 2.05) is 19.1 Å². The molecule has 3 nitrogen and oxygen atoms in total. The Hall–Kier alpha value is -1.22. The molecule has 70 valence electrons. The molecule has 1 aromatic rings. The summed E-state index contributed by atoms with van der Waals surface area (Å²) in [6, 6.07) is 3.74. The van der Waals surface area contributed by atoms with Gasteiger partial charge < -0.3 is 5.73 Å². The molecule has 1 aromatic heterocycles. The molecule has 0 saturated heterocycles. The predicted octanol–water partition coefficient (Wildman–Crippen LogP) is 1.06. The summed E-state index contributed by atoms with van der Waals surface area (Å²) in [6.45, 7) is 2.35. The third-order valence-corrected chi connectivity index (χ3v) is 1.89. The summed E-state index contributed by atoms with van der Waals surface area (Å²) in [5.74, 6) is 0.210. The highest BCUT2D eigenvalue weighted by Gasteiger charge is 2.02. The normalized spacial score (nSPS) is 10.0. The lowest BCUT2D eigenvalue weighted by Gasteiger charge is -2.00. The Morgan fingerprint density at radius 3 is 3.00 bits per heavy atom. The van der Waals surface area contributed by atoms with Crippen LogP contribution in [-0.4, -0.2) is 10.8 Å². The number of ketones is 1. The van der Waals surface area contributed by atoms with Gasteiger partial charge in [-0.1, -0.05) is 6.92 Å². The summed E-state index contributed by atoms with van der Waals surface area (Å²) in [7, 11) is 0. The molecular weight excluding hydrogens is 164 g/mol. The Kier molecular flexibility index (Phi) is 3.58. The number of carbonyl (C=O) groups is 1. The van der Waals surface area contributed by atoms with E-state index in [1.54, 1.807) is 6.20 Å². The maximum atomic E-state index is 11.1. The van der Waals surface area contributed by atoms with E-state index in [9.17, 15) is 4.79 Å². The Labute approximate surface area is 78.0 Å². The summed E-state index contributed by atoms with van der Waals surface area (Å²) >= 11 is 0. The van der Waals surface area contributed by atoms with E-state index >= 15 is 0 Å². The highest BCUT2D eigenvalue weighted by Crippen LogP contribution is 2.02. The van der Waals surface area contributed by atoms with E-state index in [0.29, 0.717) is 19.4 Å². The van der Waals surface area contributed by atoms with Crippen LogP contribution in [0.3, 0.4) is 0 Å². The molecule has 0 fully saturated rings. The number of nitrogens with two attached hydrogens (primary N) is 1. The van der Waals surface area contributed by atoms with Crippen molar-refractivity contribution in [3.8, 4) is 0 Å².